The van der Waals surface area contributed by atoms with Crippen molar-refractivity contribution in [2.45, 2.75) is 57.7 Å². The van der Waals surface area contributed by atoms with Crippen molar-refractivity contribution < 1.29 is 14.3 Å². The summed E-state index contributed by atoms with van der Waals surface area (Å²) < 4.78 is 5.49. The Morgan fingerprint density at radius 2 is 2.00 bits per heavy atom. The van der Waals surface area contributed by atoms with E-state index in [4.69, 9.17) is 15.5 Å². The summed E-state index contributed by atoms with van der Waals surface area (Å²) in [5, 5.41) is 3.40. The summed E-state index contributed by atoms with van der Waals surface area (Å²) in [5.74, 6) is 0.661. The van der Waals surface area contributed by atoms with Gasteiger partial charge in [-0.2, -0.15) is 0 Å². The molecule has 1 aromatic heterocycles. The van der Waals surface area contributed by atoms with Crippen LogP contribution in [0.2, 0.25) is 0 Å². The van der Waals surface area contributed by atoms with Gasteiger partial charge >= 0.3 is 6.09 Å². The number of pyridine rings is 1. The first-order valence-electron chi connectivity index (χ1n) is 12.7. The molecule has 2 aromatic rings. The number of nitrogen functional groups attached to an aromatic ring is 1. The van der Waals surface area contributed by atoms with E-state index in [1.807, 2.05) is 57.2 Å². The Balaban J connectivity index is 1.81. The highest BCUT2D eigenvalue weighted by atomic mass is 16.6. The lowest BCUT2D eigenvalue weighted by Gasteiger charge is -2.26. The lowest BCUT2D eigenvalue weighted by molar-refractivity contribution is -0.111. The first-order chi connectivity index (χ1) is 17.5. The summed E-state index contributed by atoms with van der Waals surface area (Å²) in [6.45, 7) is 6.74. The summed E-state index contributed by atoms with van der Waals surface area (Å²) in [5.41, 5.74) is 10.0. The van der Waals surface area contributed by atoms with Crippen molar-refractivity contribution in [3.8, 4) is 11.3 Å². The van der Waals surface area contributed by atoms with E-state index in [9.17, 15) is 9.59 Å². The quantitative estimate of drug-likeness (QED) is 0.298. The van der Waals surface area contributed by atoms with Crippen molar-refractivity contribution >= 4 is 29.6 Å². The minimum atomic E-state index is -0.631. The largest absolute Gasteiger partial charge is 0.444 e. The molecule has 2 heterocycles. The maximum absolute atomic E-state index is 12.6. The van der Waals surface area contributed by atoms with Crippen LogP contribution < -0.4 is 11.1 Å². The molecular weight excluding hydrogens is 468 g/mol. The topological polar surface area (TPSA) is 113 Å². The molecule has 0 saturated carbocycles. The van der Waals surface area contributed by atoms with E-state index in [2.05, 4.69) is 29.3 Å². The van der Waals surface area contributed by atoms with Crippen LogP contribution in [0.25, 0.3) is 11.3 Å². The summed E-state index contributed by atoms with van der Waals surface area (Å²) in [6.07, 6.45) is 2.58. The molecular formula is C28H40N6O3. The molecule has 1 aliphatic rings. The van der Waals surface area contributed by atoms with E-state index in [1.54, 1.807) is 7.05 Å². The molecule has 0 radical (unpaired) electrons. The molecule has 1 aromatic carbocycles. The van der Waals surface area contributed by atoms with Gasteiger partial charge in [-0.15, -0.1) is 0 Å². The van der Waals surface area contributed by atoms with Gasteiger partial charge in [-0.3, -0.25) is 9.89 Å². The van der Waals surface area contributed by atoms with E-state index in [0.29, 0.717) is 24.5 Å². The highest BCUT2D eigenvalue weighted by molar-refractivity contribution is 6.09. The molecule has 1 amide bonds. The number of carbonyl (C=O) groups is 2. The van der Waals surface area contributed by atoms with Gasteiger partial charge in [0.25, 0.3) is 0 Å². The van der Waals surface area contributed by atoms with Crippen molar-refractivity contribution in [2.24, 2.45) is 4.99 Å². The number of aliphatic imine (C=N–C) groups is 1. The Labute approximate surface area is 220 Å². The lowest BCUT2D eigenvalue weighted by atomic mass is 9.95. The number of rotatable bonds is 9. The Bertz CT molecular complexity index is 1130. The summed E-state index contributed by atoms with van der Waals surface area (Å²) in [6, 6.07) is 10.9. The number of nitrogens with zero attached hydrogens (tertiary/aromatic N) is 4. The fourth-order valence-electron chi connectivity index (χ4n) is 4.52. The summed E-state index contributed by atoms with van der Waals surface area (Å²) >= 11 is 0. The Hall–Kier alpha value is -3.46. The average Bonchev–Trinajstić information content (AvgIpc) is 3.24. The first-order valence-corrected chi connectivity index (χ1v) is 12.7. The molecule has 0 bridgehead atoms. The maximum atomic E-state index is 12.6. The minimum Gasteiger partial charge on any atom is -0.444 e. The van der Waals surface area contributed by atoms with Crippen LogP contribution in [0.3, 0.4) is 0 Å². The fraction of sp³-hybridized carbons (Fsp3) is 0.500. The third-order valence-corrected chi connectivity index (χ3v) is 6.18. The molecule has 1 saturated heterocycles. The number of carbonyl (C=O) groups excluding carboxylic acids is 2. The van der Waals surface area contributed by atoms with Crippen molar-refractivity contribution in [3.05, 3.63) is 42.0 Å². The summed E-state index contributed by atoms with van der Waals surface area (Å²) in [7, 11) is 5.91. The Morgan fingerprint density at radius 1 is 1.27 bits per heavy atom. The zero-order chi connectivity index (χ0) is 27.2. The SMILES string of the molecule is CN=C(CCCN(C)C)c1c(N)cccc1-c1cccc(NC2CC(C=O)N(C(=O)OC(C)(C)C)C2)n1. The minimum absolute atomic E-state index is 0.135. The van der Waals surface area contributed by atoms with Gasteiger partial charge in [0, 0.05) is 42.2 Å². The molecule has 1 fully saturated rings. The van der Waals surface area contributed by atoms with Crippen LogP contribution in [0, 0.1) is 0 Å². The first kappa shape index (κ1) is 28.1. The number of aldehydes is 1. The highest BCUT2D eigenvalue weighted by Crippen LogP contribution is 2.30. The van der Waals surface area contributed by atoms with E-state index in [-0.39, 0.29) is 6.04 Å². The number of ether oxygens (including phenoxy) is 1. The number of nitrogens with one attached hydrogen (secondary N) is 1. The molecule has 2 atom stereocenters. The number of hydrogen-bond donors (Lipinski definition) is 2. The molecule has 9 nitrogen and oxygen atoms in total. The molecule has 0 spiro atoms. The van der Waals surface area contributed by atoms with E-state index in [1.165, 1.54) is 4.90 Å². The van der Waals surface area contributed by atoms with E-state index in [0.717, 1.165) is 48.2 Å². The fourth-order valence-corrected chi connectivity index (χ4v) is 4.52. The number of hydrogen-bond acceptors (Lipinski definition) is 8. The molecule has 3 N–H and O–H groups in total. The highest BCUT2D eigenvalue weighted by Gasteiger charge is 2.37. The van der Waals surface area contributed by atoms with Gasteiger partial charge in [0.1, 0.15) is 17.7 Å². The van der Waals surface area contributed by atoms with Crippen LogP contribution >= 0.6 is 0 Å². The van der Waals surface area contributed by atoms with Gasteiger partial charge in [0.05, 0.1) is 11.7 Å². The van der Waals surface area contributed by atoms with Crippen LogP contribution in [0.5, 0.6) is 0 Å². The number of benzene rings is 1. The Morgan fingerprint density at radius 3 is 2.65 bits per heavy atom. The van der Waals surface area contributed by atoms with Crippen molar-refractivity contribution in [2.75, 3.05) is 45.3 Å². The second kappa shape index (κ2) is 12.2. The van der Waals surface area contributed by atoms with Gasteiger partial charge in [-0.1, -0.05) is 18.2 Å². The normalized spacial score (nSPS) is 18.2. The standard InChI is InChI=1S/C28H40N6O3/c1-28(2,3)37-27(36)34-17-19(16-20(34)18-35)31-25-14-8-12-23(32-25)21-10-7-11-22(29)26(21)24(30-4)13-9-15-33(5)6/h7-8,10-12,14,18-20H,9,13,15-17,29H2,1-6H3,(H,31,32). The van der Waals surface area contributed by atoms with Gasteiger partial charge in [0.15, 0.2) is 0 Å². The second-order valence-corrected chi connectivity index (χ2v) is 10.7. The van der Waals surface area contributed by atoms with Crippen LogP contribution in [0.15, 0.2) is 41.4 Å². The van der Waals surface area contributed by atoms with Gasteiger partial charge in [-0.05, 0) is 78.9 Å². The Kier molecular flexibility index (Phi) is 9.26. The molecule has 2 unspecified atom stereocenters. The second-order valence-electron chi connectivity index (χ2n) is 10.7. The summed E-state index contributed by atoms with van der Waals surface area (Å²) in [4.78, 5) is 37.4. The number of aromatic nitrogens is 1. The molecule has 37 heavy (non-hydrogen) atoms. The van der Waals surface area contributed by atoms with E-state index < -0.39 is 17.7 Å². The van der Waals surface area contributed by atoms with Gasteiger partial charge < -0.3 is 25.5 Å². The van der Waals surface area contributed by atoms with E-state index >= 15 is 0 Å². The number of nitrogens with two attached hydrogens (primary N) is 1. The number of amides is 1. The average molecular weight is 509 g/mol. The molecule has 1 aliphatic heterocycles. The zero-order valence-electron chi connectivity index (χ0n) is 22.8. The van der Waals surface area contributed by atoms with Crippen molar-refractivity contribution in [1.29, 1.82) is 0 Å². The maximum Gasteiger partial charge on any atom is 0.410 e. The lowest BCUT2D eigenvalue weighted by Crippen LogP contribution is -2.41. The third-order valence-electron chi connectivity index (χ3n) is 6.18. The number of anilines is 2. The molecule has 9 heteroatoms. The van der Waals surface area contributed by atoms with Gasteiger partial charge in [-0.25, -0.2) is 9.78 Å². The molecule has 0 aliphatic carbocycles. The molecule has 200 valence electrons. The van der Waals surface area contributed by atoms with Crippen LogP contribution in [0.4, 0.5) is 16.3 Å². The van der Waals surface area contributed by atoms with Crippen LogP contribution in [0.1, 0.15) is 45.6 Å². The predicted octanol–water partition coefficient (Wildman–Crippen LogP) is 4.08. The zero-order valence-corrected chi connectivity index (χ0v) is 22.8. The number of likely N-dealkylation sites (tertiary alicyclic amines) is 1. The van der Waals surface area contributed by atoms with Crippen molar-refractivity contribution in [1.82, 2.24) is 14.8 Å². The third kappa shape index (κ3) is 7.52. The monoisotopic (exact) mass is 508 g/mol. The van der Waals surface area contributed by atoms with Gasteiger partial charge in [0.2, 0.25) is 0 Å². The van der Waals surface area contributed by atoms with Crippen LogP contribution in [-0.2, 0) is 9.53 Å². The van der Waals surface area contributed by atoms with Crippen molar-refractivity contribution in [3.63, 3.8) is 0 Å². The van der Waals surface area contributed by atoms with Crippen LogP contribution in [-0.4, -0.2) is 84.8 Å². The smallest absolute Gasteiger partial charge is 0.410 e. The molecule has 3 rings (SSSR count). The predicted molar refractivity (Wildman–Crippen MR) is 149 cm³/mol.